The lowest BCUT2D eigenvalue weighted by atomic mass is 10.1. The fourth-order valence-corrected chi connectivity index (χ4v) is 2.18. The van der Waals surface area contributed by atoms with E-state index in [1.165, 1.54) is 19.3 Å². The average Bonchev–Trinajstić information content (AvgIpc) is 2.41. The fourth-order valence-electron chi connectivity index (χ4n) is 2.18. The van der Waals surface area contributed by atoms with Gasteiger partial charge in [-0.25, -0.2) is 4.79 Å². The van der Waals surface area contributed by atoms with E-state index in [-0.39, 0.29) is 17.4 Å². The van der Waals surface area contributed by atoms with Gasteiger partial charge in [-0.05, 0) is 25.0 Å². The predicted octanol–water partition coefficient (Wildman–Crippen LogP) is 3.84. The average molecular weight is 279 g/mol. The molecule has 0 amide bonds. The zero-order chi connectivity index (χ0) is 15.0. The standard InChI is InChI=1S/C16H25NO3/c1-3-4-5-6-8-12(2)20-11-13-9-7-10-14(17)15(13)16(18)19/h7,9-10,12H,3-6,8,11,17H2,1-2H3,(H,18,19). The molecule has 0 aliphatic heterocycles. The number of hydrogen-bond acceptors (Lipinski definition) is 3. The molecule has 4 nitrogen and oxygen atoms in total. The largest absolute Gasteiger partial charge is 0.478 e. The van der Waals surface area contributed by atoms with Gasteiger partial charge in [0.25, 0.3) is 0 Å². The highest BCUT2D eigenvalue weighted by atomic mass is 16.5. The van der Waals surface area contributed by atoms with Crippen LogP contribution in [0.3, 0.4) is 0 Å². The van der Waals surface area contributed by atoms with Crippen molar-refractivity contribution in [1.82, 2.24) is 0 Å². The van der Waals surface area contributed by atoms with E-state index in [1.807, 2.05) is 6.92 Å². The smallest absolute Gasteiger partial charge is 0.338 e. The summed E-state index contributed by atoms with van der Waals surface area (Å²) in [4.78, 5) is 11.2. The molecule has 4 heteroatoms. The minimum Gasteiger partial charge on any atom is -0.478 e. The molecule has 0 saturated carbocycles. The molecule has 0 aromatic heterocycles. The van der Waals surface area contributed by atoms with Crippen LogP contribution in [0.15, 0.2) is 18.2 Å². The van der Waals surface area contributed by atoms with Gasteiger partial charge < -0.3 is 15.6 Å². The monoisotopic (exact) mass is 279 g/mol. The number of carboxylic acid groups (broad SMARTS) is 1. The van der Waals surface area contributed by atoms with Crippen molar-refractivity contribution in [3.8, 4) is 0 Å². The maximum absolute atomic E-state index is 11.2. The first-order chi connectivity index (χ1) is 9.56. The first-order valence-corrected chi connectivity index (χ1v) is 7.28. The van der Waals surface area contributed by atoms with Gasteiger partial charge in [-0.2, -0.15) is 0 Å². The molecule has 1 aromatic rings. The van der Waals surface area contributed by atoms with Crippen LogP contribution < -0.4 is 5.73 Å². The Labute approximate surface area is 120 Å². The molecular formula is C16H25NO3. The van der Waals surface area contributed by atoms with Crippen molar-refractivity contribution in [3.63, 3.8) is 0 Å². The summed E-state index contributed by atoms with van der Waals surface area (Å²) in [7, 11) is 0. The van der Waals surface area contributed by atoms with Crippen molar-refractivity contribution in [3.05, 3.63) is 29.3 Å². The Morgan fingerprint density at radius 3 is 2.75 bits per heavy atom. The molecule has 0 radical (unpaired) electrons. The highest BCUT2D eigenvalue weighted by Crippen LogP contribution is 2.19. The van der Waals surface area contributed by atoms with E-state index in [1.54, 1.807) is 18.2 Å². The summed E-state index contributed by atoms with van der Waals surface area (Å²) in [5.41, 5.74) is 6.79. The van der Waals surface area contributed by atoms with Crippen molar-refractivity contribution >= 4 is 11.7 Å². The van der Waals surface area contributed by atoms with Crippen LogP contribution in [0.25, 0.3) is 0 Å². The van der Waals surface area contributed by atoms with Crippen molar-refractivity contribution in [2.45, 2.75) is 58.7 Å². The number of benzene rings is 1. The van der Waals surface area contributed by atoms with Gasteiger partial charge in [0, 0.05) is 5.69 Å². The van der Waals surface area contributed by atoms with Crippen molar-refractivity contribution in [1.29, 1.82) is 0 Å². The molecule has 1 aromatic carbocycles. The maximum atomic E-state index is 11.2. The van der Waals surface area contributed by atoms with Gasteiger partial charge in [-0.1, -0.05) is 44.7 Å². The van der Waals surface area contributed by atoms with Gasteiger partial charge in [0.2, 0.25) is 0 Å². The third kappa shape index (κ3) is 5.21. The van der Waals surface area contributed by atoms with Gasteiger partial charge in [-0.15, -0.1) is 0 Å². The molecule has 0 bridgehead atoms. The summed E-state index contributed by atoms with van der Waals surface area (Å²) in [5.74, 6) is -1.00. The number of anilines is 1. The summed E-state index contributed by atoms with van der Waals surface area (Å²) in [6.45, 7) is 4.51. The van der Waals surface area contributed by atoms with Gasteiger partial charge >= 0.3 is 5.97 Å². The molecule has 0 aliphatic rings. The number of nitrogens with two attached hydrogens (primary N) is 1. The molecule has 3 N–H and O–H groups in total. The Morgan fingerprint density at radius 1 is 1.35 bits per heavy atom. The van der Waals surface area contributed by atoms with Crippen LogP contribution in [0.1, 0.15) is 61.9 Å². The minimum absolute atomic E-state index is 0.134. The Bertz CT molecular complexity index is 432. The molecule has 0 spiro atoms. The number of ether oxygens (including phenoxy) is 1. The zero-order valence-corrected chi connectivity index (χ0v) is 12.4. The molecule has 1 atom stereocenters. The third-order valence-corrected chi connectivity index (χ3v) is 3.38. The quantitative estimate of drug-likeness (QED) is 0.532. The van der Waals surface area contributed by atoms with Crippen LogP contribution in [0.2, 0.25) is 0 Å². The zero-order valence-electron chi connectivity index (χ0n) is 12.4. The summed E-state index contributed by atoms with van der Waals surface area (Å²) in [5, 5.41) is 9.18. The van der Waals surface area contributed by atoms with Crippen molar-refractivity contribution in [2.24, 2.45) is 0 Å². The number of nitrogen functional groups attached to an aromatic ring is 1. The van der Waals surface area contributed by atoms with Gasteiger partial charge in [-0.3, -0.25) is 0 Å². The Morgan fingerprint density at radius 2 is 2.10 bits per heavy atom. The van der Waals surface area contributed by atoms with Crippen LogP contribution in [0, 0.1) is 0 Å². The maximum Gasteiger partial charge on any atom is 0.338 e. The second kappa shape index (κ2) is 8.59. The van der Waals surface area contributed by atoms with Gasteiger partial charge in [0.1, 0.15) is 0 Å². The lowest BCUT2D eigenvalue weighted by Crippen LogP contribution is -2.12. The molecule has 20 heavy (non-hydrogen) atoms. The summed E-state index contributed by atoms with van der Waals surface area (Å²) >= 11 is 0. The van der Waals surface area contributed by atoms with E-state index in [9.17, 15) is 9.90 Å². The molecule has 112 valence electrons. The number of rotatable bonds is 9. The summed E-state index contributed by atoms with van der Waals surface area (Å²) < 4.78 is 5.74. The first-order valence-electron chi connectivity index (χ1n) is 7.28. The van der Waals surface area contributed by atoms with Crippen LogP contribution in [-0.4, -0.2) is 17.2 Å². The normalized spacial score (nSPS) is 12.3. The number of aromatic carboxylic acids is 1. The third-order valence-electron chi connectivity index (χ3n) is 3.38. The van der Waals surface area contributed by atoms with Crippen molar-refractivity contribution < 1.29 is 14.6 Å². The molecule has 0 saturated heterocycles. The van der Waals surface area contributed by atoms with Crippen LogP contribution in [-0.2, 0) is 11.3 Å². The SMILES string of the molecule is CCCCCCC(C)OCc1cccc(N)c1C(=O)O. The topological polar surface area (TPSA) is 72.5 Å². The number of unbranched alkanes of at least 4 members (excludes halogenated alkanes) is 3. The number of hydrogen-bond donors (Lipinski definition) is 2. The van der Waals surface area contributed by atoms with E-state index in [0.717, 1.165) is 12.8 Å². The van der Waals surface area contributed by atoms with Gasteiger partial charge in [0.15, 0.2) is 0 Å². The second-order valence-corrected chi connectivity index (χ2v) is 5.16. The van der Waals surface area contributed by atoms with Gasteiger partial charge in [0.05, 0.1) is 18.3 Å². The van der Waals surface area contributed by atoms with Crippen LogP contribution in [0.5, 0.6) is 0 Å². The second-order valence-electron chi connectivity index (χ2n) is 5.16. The lowest BCUT2D eigenvalue weighted by molar-refractivity contribution is 0.0443. The predicted molar refractivity (Wildman–Crippen MR) is 80.8 cm³/mol. The molecule has 0 aliphatic carbocycles. The fraction of sp³-hybridized carbons (Fsp3) is 0.562. The number of carboxylic acids is 1. The lowest BCUT2D eigenvalue weighted by Gasteiger charge is -2.15. The van der Waals surface area contributed by atoms with Crippen LogP contribution >= 0.6 is 0 Å². The first kappa shape index (κ1) is 16.5. The highest BCUT2D eigenvalue weighted by Gasteiger charge is 2.14. The van der Waals surface area contributed by atoms with Crippen molar-refractivity contribution in [2.75, 3.05) is 5.73 Å². The molecule has 1 unspecified atom stereocenters. The Hall–Kier alpha value is -1.55. The minimum atomic E-state index is -1.00. The summed E-state index contributed by atoms with van der Waals surface area (Å²) in [6, 6.07) is 5.11. The number of carbonyl (C=O) groups is 1. The highest BCUT2D eigenvalue weighted by molar-refractivity contribution is 5.95. The molecule has 1 rings (SSSR count). The molecule has 0 fully saturated rings. The molecule has 0 heterocycles. The summed E-state index contributed by atoms with van der Waals surface area (Å²) in [6.07, 6.45) is 5.99. The van der Waals surface area contributed by atoms with E-state index in [4.69, 9.17) is 10.5 Å². The van der Waals surface area contributed by atoms with E-state index in [2.05, 4.69) is 6.92 Å². The molecular weight excluding hydrogens is 254 g/mol. The van der Waals surface area contributed by atoms with Crippen LogP contribution in [0.4, 0.5) is 5.69 Å². The Balaban J connectivity index is 2.49. The van der Waals surface area contributed by atoms with E-state index < -0.39 is 5.97 Å². The van der Waals surface area contributed by atoms with E-state index in [0.29, 0.717) is 12.2 Å². The van der Waals surface area contributed by atoms with E-state index >= 15 is 0 Å². The Kier molecular flexibility index (Phi) is 7.09.